The Hall–Kier alpha value is -1.82. The van der Waals surface area contributed by atoms with Crippen LogP contribution in [0.4, 0.5) is 13.2 Å². The van der Waals surface area contributed by atoms with E-state index in [1.54, 1.807) is 17.9 Å². The highest BCUT2D eigenvalue weighted by molar-refractivity contribution is 5.95. The van der Waals surface area contributed by atoms with Gasteiger partial charge in [-0.15, -0.1) is 0 Å². The van der Waals surface area contributed by atoms with E-state index in [0.29, 0.717) is 37.1 Å². The number of amides is 1. The SMILES string of the molecule is CC(=CC(=O)N1CCC(O)CC1)c1cccc(C(F)(F)F)c1. The lowest BCUT2D eigenvalue weighted by Gasteiger charge is -2.28. The first-order valence-electron chi connectivity index (χ1n) is 7.10. The van der Waals surface area contributed by atoms with Gasteiger partial charge in [0.15, 0.2) is 0 Å². The van der Waals surface area contributed by atoms with Crippen molar-refractivity contribution in [3.05, 3.63) is 41.5 Å². The molecule has 1 amide bonds. The van der Waals surface area contributed by atoms with Gasteiger partial charge in [-0.25, -0.2) is 0 Å². The van der Waals surface area contributed by atoms with Crippen molar-refractivity contribution in [2.75, 3.05) is 13.1 Å². The van der Waals surface area contributed by atoms with Crippen LogP contribution < -0.4 is 0 Å². The Morgan fingerprint density at radius 2 is 1.95 bits per heavy atom. The molecule has 0 spiro atoms. The van der Waals surface area contributed by atoms with Crippen LogP contribution in [-0.2, 0) is 11.0 Å². The number of benzene rings is 1. The zero-order valence-corrected chi connectivity index (χ0v) is 12.2. The summed E-state index contributed by atoms with van der Waals surface area (Å²) in [5.41, 5.74) is 0.133. The highest BCUT2D eigenvalue weighted by Crippen LogP contribution is 2.30. The van der Waals surface area contributed by atoms with Gasteiger partial charge in [0.2, 0.25) is 5.91 Å². The zero-order chi connectivity index (χ0) is 16.3. The Morgan fingerprint density at radius 1 is 1.32 bits per heavy atom. The quantitative estimate of drug-likeness (QED) is 0.852. The monoisotopic (exact) mass is 313 g/mol. The second-order valence-corrected chi connectivity index (χ2v) is 5.46. The van der Waals surface area contributed by atoms with E-state index < -0.39 is 11.7 Å². The van der Waals surface area contributed by atoms with E-state index in [0.717, 1.165) is 12.1 Å². The van der Waals surface area contributed by atoms with Crippen LogP contribution in [0.25, 0.3) is 5.57 Å². The number of hydrogen-bond donors (Lipinski definition) is 1. The van der Waals surface area contributed by atoms with Gasteiger partial charge < -0.3 is 10.0 Å². The third kappa shape index (κ3) is 4.10. The molecular formula is C16H18F3NO2. The smallest absolute Gasteiger partial charge is 0.393 e. The summed E-state index contributed by atoms with van der Waals surface area (Å²) in [7, 11) is 0. The molecule has 1 fully saturated rings. The van der Waals surface area contributed by atoms with Crippen LogP contribution in [0.1, 0.15) is 30.9 Å². The summed E-state index contributed by atoms with van der Waals surface area (Å²) in [6, 6.07) is 4.93. The normalized spacial score (nSPS) is 17.7. The first-order valence-corrected chi connectivity index (χ1v) is 7.10. The number of carbonyl (C=O) groups excluding carboxylic acids is 1. The number of carbonyl (C=O) groups is 1. The third-order valence-electron chi connectivity index (χ3n) is 3.76. The fourth-order valence-electron chi connectivity index (χ4n) is 2.39. The number of nitrogens with zero attached hydrogens (tertiary/aromatic N) is 1. The molecule has 0 saturated carbocycles. The van der Waals surface area contributed by atoms with Gasteiger partial charge in [-0.05, 0) is 43.0 Å². The summed E-state index contributed by atoms with van der Waals surface area (Å²) in [6.07, 6.45) is -2.36. The maximum Gasteiger partial charge on any atom is 0.416 e. The molecule has 0 atom stereocenters. The Kier molecular flexibility index (Phi) is 4.90. The second kappa shape index (κ2) is 6.52. The molecule has 3 nitrogen and oxygen atoms in total. The van der Waals surface area contributed by atoms with Crippen LogP contribution in [0.2, 0.25) is 0 Å². The summed E-state index contributed by atoms with van der Waals surface area (Å²) in [6.45, 7) is 2.55. The van der Waals surface area contributed by atoms with E-state index in [1.807, 2.05) is 0 Å². The summed E-state index contributed by atoms with van der Waals surface area (Å²) >= 11 is 0. The average Bonchev–Trinajstić information content (AvgIpc) is 2.47. The summed E-state index contributed by atoms with van der Waals surface area (Å²) in [4.78, 5) is 13.7. The van der Waals surface area contributed by atoms with Crippen molar-refractivity contribution in [2.24, 2.45) is 0 Å². The fourth-order valence-corrected chi connectivity index (χ4v) is 2.39. The largest absolute Gasteiger partial charge is 0.416 e. The van der Waals surface area contributed by atoms with E-state index in [1.165, 1.54) is 12.1 Å². The van der Waals surface area contributed by atoms with Gasteiger partial charge in [-0.3, -0.25) is 4.79 Å². The molecule has 0 unspecified atom stereocenters. The molecule has 1 aromatic carbocycles. The molecule has 1 N–H and O–H groups in total. The minimum absolute atomic E-state index is 0.234. The van der Waals surface area contributed by atoms with Crippen LogP contribution in [0.5, 0.6) is 0 Å². The zero-order valence-electron chi connectivity index (χ0n) is 12.2. The lowest BCUT2D eigenvalue weighted by molar-refractivity contribution is -0.137. The molecule has 0 aliphatic carbocycles. The van der Waals surface area contributed by atoms with Crippen LogP contribution in [-0.4, -0.2) is 35.1 Å². The Balaban J connectivity index is 2.13. The predicted molar refractivity (Wildman–Crippen MR) is 76.9 cm³/mol. The van der Waals surface area contributed by atoms with Gasteiger partial charge in [0.25, 0.3) is 0 Å². The topological polar surface area (TPSA) is 40.5 Å². The fraction of sp³-hybridized carbons (Fsp3) is 0.438. The summed E-state index contributed by atoms with van der Waals surface area (Å²) in [5.74, 6) is -0.234. The standard InChI is InChI=1S/C16H18F3NO2/c1-11(9-15(22)20-7-5-14(21)6-8-20)12-3-2-4-13(10-12)16(17,18)19/h2-4,9-10,14,21H,5-8H2,1H3. The van der Waals surface area contributed by atoms with E-state index in [-0.39, 0.29) is 12.0 Å². The maximum atomic E-state index is 12.7. The molecule has 120 valence electrons. The van der Waals surface area contributed by atoms with Crippen LogP contribution in [0, 0.1) is 0 Å². The molecule has 1 saturated heterocycles. The van der Waals surface area contributed by atoms with E-state index in [4.69, 9.17) is 0 Å². The molecule has 0 bridgehead atoms. The Morgan fingerprint density at radius 3 is 2.55 bits per heavy atom. The van der Waals surface area contributed by atoms with E-state index in [2.05, 4.69) is 0 Å². The third-order valence-corrected chi connectivity index (χ3v) is 3.76. The minimum atomic E-state index is -4.40. The number of likely N-dealkylation sites (tertiary alicyclic amines) is 1. The number of aliphatic hydroxyl groups is 1. The van der Waals surface area contributed by atoms with Crippen molar-refractivity contribution in [1.82, 2.24) is 4.90 Å². The number of rotatable bonds is 2. The highest BCUT2D eigenvalue weighted by atomic mass is 19.4. The van der Waals surface area contributed by atoms with Crippen LogP contribution >= 0.6 is 0 Å². The Labute approximate surface area is 127 Å². The van der Waals surface area contributed by atoms with Crippen molar-refractivity contribution < 1.29 is 23.1 Å². The molecule has 1 heterocycles. The number of halogens is 3. The minimum Gasteiger partial charge on any atom is -0.393 e. The van der Waals surface area contributed by atoms with Crippen molar-refractivity contribution in [3.8, 4) is 0 Å². The average molecular weight is 313 g/mol. The van der Waals surface area contributed by atoms with Gasteiger partial charge >= 0.3 is 6.18 Å². The first kappa shape index (κ1) is 16.5. The number of aliphatic hydroxyl groups excluding tert-OH is 1. The van der Waals surface area contributed by atoms with Crippen LogP contribution in [0.15, 0.2) is 30.3 Å². The molecule has 1 aliphatic rings. The molecule has 0 radical (unpaired) electrons. The van der Waals surface area contributed by atoms with Gasteiger partial charge in [0.1, 0.15) is 0 Å². The van der Waals surface area contributed by atoms with Gasteiger partial charge in [0, 0.05) is 19.2 Å². The summed E-state index contributed by atoms with van der Waals surface area (Å²) < 4.78 is 38.1. The van der Waals surface area contributed by atoms with Crippen molar-refractivity contribution >= 4 is 11.5 Å². The van der Waals surface area contributed by atoms with E-state index in [9.17, 15) is 23.1 Å². The molecule has 2 rings (SSSR count). The molecule has 1 aliphatic heterocycles. The predicted octanol–water partition coefficient (Wildman–Crippen LogP) is 3.09. The first-order chi connectivity index (χ1) is 10.3. The van der Waals surface area contributed by atoms with Gasteiger partial charge in [-0.2, -0.15) is 13.2 Å². The molecule has 22 heavy (non-hydrogen) atoms. The lowest BCUT2D eigenvalue weighted by Crippen LogP contribution is -2.39. The van der Waals surface area contributed by atoms with Gasteiger partial charge in [0.05, 0.1) is 11.7 Å². The molecular weight excluding hydrogens is 295 g/mol. The summed E-state index contributed by atoms with van der Waals surface area (Å²) in [5, 5.41) is 9.42. The number of alkyl halides is 3. The van der Waals surface area contributed by atoms with Gasteiger partial charge in [-0.1, -0.05) is 12.1 Å². The van der Waals surface area contributed by atoms with E-state index >= 15 is 0 Å². The molecule has 0 aromatic heterocycles. The Bertz CT molecular complexity index is 573. The number of piperidine rings is 1. The number of allylic oxidation sites excluding steroid dienone is 1. The van der Waals surface area contributed by atoms with Crippen molar-refractivity contribution in [3.63, 3.8) is 0 Å². The molecule has 1 aromatic rings. The lowest BCUT2D eigenvalue weighted by atomic mass is 10.0. The highest BCUT2D eigenvalue weighted by Gasteiger charge is 2.30. The second-order valence-electron chi connectivity index (χ2n) is 5.46. The molecule has 6 heteroatoms. The maximum absolute atomic E-state index is 12.7. The van der Waals surface area contributed by atoms with Crippen molar-refractivity contribution in [2.45, 2.75) is 32.0 Å². The van der Waals surface area contributed by atoms with Crippen LogP contribution in [0.3, 0.4) is 0 Å². The number of hydrogen-bond acceptors (Lipinski definition) is 2. The van der Waals surface area contributed by atoms with Crippen molar-refractivity contribution in [1.29, 1.82) is 0 Å².